The Morgan fingerprint density at radius 3 is 2.50 bits per heavy atom. The van der Waals surface area contributed by atoms with Gasteiger partial charge < -0.3 is 5.32 Å². The number of piperazine rings is 1. The van der Waals surface area contributed by atoms with Crippen LogP contribution in [0.4, 0.5) is 0 Å². The normalized spacial score (nSPS) is 27.5. The molecule has 0 aromatic carbocycles. The lowest BCUT2D eigenvalue weighted by Crippen LogP contribution is -2.64. The third-order valence-corrected chi connectivity index (χ3v) is 5.98. The third kappa shape index (κ3) is 4.18. The van der Waals surface area contributed by atoms with E-state index in [9.17, 15) is 8.42 Å². The maximum absolute atomic E-state index is 11.3. The van der Waals surface area contributed by atoms with Crippen LogP contribution in [-0.4, -0.2) is 56.5 Å². The van der Waals surface area contributed by atoms with Gasteiger partial charge in [-0.25, -0.2) is 8.42 Å². The van der Waals surface area contributed by atoms with Crippen LogP contribution in [-0.2, 0) is 9.84 Å². The van der Waals surface area contributed by atoms with E-state index in [2.05, 4.69) is 24.1 Å². The monoisotopic (exact) mass is 302 g/mol. The van der Waals surface area contributed by atoms with E-state index < -0.39 is 9.84 Å². The van der Waals surface area contributed by atoms with Crippen LogP contribution in [0.25, 0.3) is 0 Å². The molecule has 1 unspecified atom stereocenters. The van der Waals surface area contributed by atoms with Gasteiger partial charge in [-0.15, -0.1) is 0 Å². The van der Waals surface area contributed by atoms with Gasteiger partial charge in [0, 0.05) is 30.9 Å². The largest absolute Gasteiger partial charge is 0.308 e. The third-order valence-electron chi connectivity index (χ3n) is 4.95. The fraction of sp³-hybridized carbons (Fsp3) is 1.00. The molecule has 1 N–H and O–H groups in total. The first kappa shape index (κ1) is 16.2. The van der Waals surface area contributed by atoms with E-state index in [4.69, 9.17) is 0 Å². The number of hydrogen-bond acceptors (Lipinski definition) is 4. The highest BCUT2D eigenvalue weighted by Crippen LogP contribution is 2.34. The molecular formula is C15H30N2O2S. The molecule has 1 atom stereocenters. The van der Waals surface area contributed by atoms with Crippen LogP contribution in [0.1, 0.15) is 46.0 Å². The molecule has 1 aliphatic carbocycles. The Kier molecular flexibility index (Phi) is 5.14. The number of hydrogen-bond donors (Lipinski definition) is 1. The average molecular weight is 302 g/mol. The van der Waals surface area contributed by atoms with Gasteiger partial charge in [-0.2, -0.15) is 0 Å². The van der Waals surface area contributed by atoms with Crippen molar-refractivity contribution >= 4 is 9.84 Å². The first-order valence-electron chi connectivity index (χ1n) is 7.98. The fourth-order valence-electron chi connectivity index (χ4n) is 3.83. The zero-order valence-corrected chi connectivity index (χ0v) is 14.0. The van der Waals surface area contributed by atoms with Crippen molar-refractivity contribution in [3.8, 4) is 0 Å². The van der Waals surface area contributed by atoms with E-state index >= 15 is 0 Å². The Morgan fingerprint density at radius 2 is 1.95 bits per heavy atom. The van der Waals surface area contributed by atoms with Crippen LogP contribution in [0, 0.1) is 5.92 Å². The molecule has 0 radical (unpaired) electrons. The highest BCUT2D eigenvalue weighted by molar-refractivity contribution is 7.90. The minimum atomic E-state index is -2.83. The average Bonchev–Trinajstić information content (AvgIpc) is 2.75. The van der Waals surface area contributed by atoms with Gasteiger partial charge in [-0.05, 0) is 31.7 Å². The Balaban J connectivity index is 1.96. The van der Waals surface area contributed by atoms with Crippen LogP contribution in [0.5, 0.6) is 0 Å². The second kappa shape index (κ2) is 6.32. The molecule has 2 fully saturated rings. The van der Waals surface area contributed by atoms with Gasteiger partial charge >= 0.3 is 0 Å². The van der Waals surface area contributed by atoms with Gasteiger partial charge in [0.05, 0.1) is 5.75 Å². The smallest absolute Gasteiger partial charge is 0.147 e. The minimum absolute atomic E-state index is 0.314. The molecule has 118 valence electrons. The van der Waals surface area contributed by atoms with E-state index in [0.29, 0.717) is 23.3 Å². The van der Waals surface area contributed by atoms with E-state index in [1.165, 1.54) is 31.9 Å². The van der Waals surface area contributed by atoms with Crippen LogP contribution in [0.3, 0.4) is 0 Å². The van der Waals surface area contributed by atoms with Crippen LogP contribution < -0.4 is 5.32 Å². The SMILES string of the molecule is CC(C)C1CNC2(CCCC2)CN1CCCS(C)(=O)=O. The number of rotatable bonds is 5. The number of nitrogens with one attached hydrogen (secondary N) is 1. The summed E-state index contributed by atoms with van der Waals surface area (Å²) < 4.78 is 22.6. The second-order valence-corrected chi connectivity index (χ2v) is 9.39. The van der Waals surface area contributed by atoms with Crippen molar-refractivity contribution < 1.29 is 8.42 Å². The van der Waals surface area contributed by atoms with Crippen LogP contribution in [0.2, 0.25) is 0 Å². The highest BCUT2D eigenvalue weighted by Gasteiger charge is 2.41. The van der Waals surface area contributed by atoms with E-state index in [1.54, 1.807) is 0 Å². The topological polar surface area (TPSA) is 49.4 Å². The van der Waals surface area contributed by atoms with Crippen molar-refractivity contribution in [3.63, 3.8) is 0 Å². The molecule has 0 aromatic heterocycles. The van der Waals surface area contributed by atoms with Gasteiger partial charge in [-0.3, -0.25) is 4.90 Å². The van der Waals surface area contributed by atoms with Crippen molar-refractivity contribution in [1.29, 1.82) is 0 Å². The Labute approximate surface area is 124 Å². The molecule has 1 spiro atoms. The molecule has 2 aliphatic rings. The molecule has 0 bridgehead atoms. The summed E-state index contributed by atoms with van der Waals surface area (Å²) in [6.45, 7) is 7.60. The summed E-state index contributed by atoms with van der Waals surface area (Å²) >= 11 is 0. The van der Waals surface area contributed by atoms with E-state index in [1.807, 2.05) is 0 Å². The Hall–Kier alpha value is -0.130. The molecule has 20 heavy (non-hydrogen) atoms. The van der Waals surface area contributed by atoms with Gasteiger partial charge in [-0.1, -0.05) is 26.7 Å². The number of sulfone groups is 1. The zero-order valence-electron chi connectivity index (χ0n) is 13.2. The molecule has 4 nitrogen and oxygen atoms in total. The van der Waals surface area contributed by atoms with Crippen LogP contribution in [0.15, 0.2) is 0 Å². The molecule has 1 saturated heterocycles. The number of nitrogens with zero attached hydrogens (tertiary/aromatic N) is 1. The van der Waals surface area contributed by atoms with Gasteiger partial charge in [0.2, 0.25) is 0 Å². The maximum Gasteiger partial charge on any atom is 0.147 e. The molecule has 1 saturated carbocycles. The predicted molar refractivity (Wildman–Crippen MR) is 83.7 cm³/mol. The quantitative estimate of drug-likeness (QED) is 0.839. The standard InChI is InChI=1S/C15H30N2O2S/c1-13(2)14-11-16-15(7-4-5-8-15)12-17(14)9-6-10-20(3,18)19/h13-14,16H,4-12H2,1-3H3. The summed E-state index contributed by atoms with van der Waals surface area (Å²) in [5.41, 5.74) is 0.316. The first-order chi connectivity index (χ1) is 9.31. The molecule has 2 rings (SSSR count). The summed E-state index contributed by atoms with van der Waals surface area (Å²) in [6.07, 6.45) is 7.31. The lowest BCUT2D eigenvalue weighted by molar-refractivity contribution is 0.0574. The predicted octanol–water partition coefficient (Wildman–Crippen LogP) is 1.66. The van der Waals surface area contributed by atoms with Gasteiger partial charge in [0.15, 0.2) is 0 Å². The maximum atomic E-state index is 11.3. The summed E-state index contributed by atoms with van der Waals surface area (Å²) in [5, 5.41) is 3.80. The van der Waals surface area contributed by atoms with Gasteiger partial charge in [0.25, 0.3) is 0 Å². The lowest BCUT2D eigenvalue weighted by atomic mass is 9.89. The van der Waals surface area contributed by atoms with Crippen molar-refractivity contribution in [3.05, 3.63) is 0 Å². The fourth-order valence-corrected chi connectivity index (χ4v) is 4.48. The summed E-state index contributed by atoms with van der Waals surface area (Å²) in [5.74, 6) is 0.925. The molecule has 0 aromatic rings. The molecule has 0 amide bonds. The molecular weight excluding hydrogens is 272 g/mol. The van der Waals surface area contributed by atoms with E-state index in [0.717, 1.165) is 26.1 Å². The molecule has 1 aliphatic heterocycles. The van der Waals surface area contributed by atoms with Crippen molar-refractivity contribution in [2.24, 2.45) is 5.92 Å². The van der Waals surface area contributed by atoms with Gasteiger partial charge in [0.1, 0.15) is 9.84 Å². The van der Waals surface area contributed by atoms with Crippen molar-refractivity contribution in [1.82, 2.24) is 10.2 Å². The highest BCUT2D eigenvalue weighted by atomic mass is 32.2. The summed E-state index contributed by atoms with van der Waals surface area (Å²) in [7, 11) is -2.83. The van der Waals surface area contributed by atoms with Crippen molar-refractivity contribution in [2.45, 2.75) is 57.5 Å². The first-order valence-corrected chi connectivity index (χ1v) is 10.0. The van der Waals surface area contributed by atoms with Crippen molar-refractivity contribution in [2.75, 3.05) is 31.6 Å². The summed E-state index contributed by atoms with van der Waals surface area (Å²) in [6, 6.07) is 0.542. The van der Waals surface area contributed by atoms with Crippen LogP contribution >= 0.6 is 0 Å². The Bertz CT molecular complexity index is 414. The molecule has 5 heteroatoms. The van der Waals surface area contributed by atoms with E-state index in [-0.39, 0.29) is 0 Å². The molecule has 1 heterocycles. The lowest BCUT2D eigenvalue weighted by Gasteiger charge is -2.48. The minimum Gasteiger partial charge on any atom is -0.308 e. The Morgan fingerprint density at radius 1 is 1.30 bits per heavy atom. The summed E-state index contributed by atoms with van der Waals surface area (Å²) in [4.78, 5) is 2.55. The zero-order chi connectivity index (χ0) is 14.8. The second-order valence-electron chi connectivity index (χ2n) is 7.13.